The monoisotopic (exact) mass is 388 g/mol. The molecule has 0 unspecified atom stereocenters. The average Bonchev–Trinajstić information content (AvgIpc) is 2.68. The number of sulfonamides is 1. The van der Waals surface area contributed by atoms with Gasteiger partial charge in [-0.3, -0.25) is 4.79 Å². The fraction of sp³-hybridized carbons (Fsp3) is 0.350. The number of aryl methyl sites for hydroxylation is 1. The van der Waals surface area contributed by atoms with Gasteiger partial charge in [-0.05, 0) is 49.1 Å². The first kappa shape index (κ1) is 19.4. The van der Waals surface area contributed by atoms with Crippen molar-refractivity contribution >= 4 is 15.9 Å². The number of piperidine rings is 1. The molecule has 6 nitrogen and oxygen atoms in total. The summed E-state index contributed by atoms with van der Waals surface area (Å²) in [5.41, 5.74) is 1.32. The average molecular weight is 388 g/mol. The lowest BCUT2D eigenvalue weighted by Crippen LogP contribution is -2.46. The second-order valence-corrected chi connectivity index (χ2v) is 8.60. The zero-order chi connectivity index (χ0) is 19.4. The quantitative estimate of drug-likeness (QED) is 0.824. The summed E-state index contributed by atoms with van der Waals surface area (Å²) in [5.74, 6) is -0.407. The van der Waals surface area contributed by atoms with E-state index >= 15 is 0 Å². The van der Waals surface area contributed by atoms with E-state index in [1.165, 1.54) is 10.4 Å². The van der Waals surface area contributed by atoms with Crippen molar-refractivity contribution in [2.24, 2.45) is 0 Å². The molecule has 1 amide bonds. The van der Waals surface area contributed by atoms with Crippen molar-refractivity contribution in [2.75, 3.05) is 13.1 Å². The van der Waals surface area contributed by atoms with Crippen LogP contribution in [-0.4, -0.2) is 42.9 Å². The Balaban J connectivity index is 1.61. The van der Waals surface area contributed by atoms with Crippen LogP contribution in [0.4, 0.5) is 0 Å². The van der Waals surface area contributed by atoms with Crippen LogP contribution < -0.4 is 5.32 Å². The van der Waals surface area contributed by atoms with Gasteiger partial charge < -0.3 is 10.4 Å². The van der Waals surface area contributed by atoms with E-state index in [9.17, 15) is 18.3 Å². The number of para-hydroxylation sites is 1. The molecule has 1 aliphatic rings. The number of hydrogen-bond acceptors (Lipinski definition) is 4. The Morgan fingerprint density at radius 2 is 1.74 bits per heavy atom. The Kier molecular flexibility index (Phi) is 5.82. The van der Waals surface area contributed by atoms with Crippen LogP contribution in [0.3, 0.4) is 0 Å². The topological polar surface area (TPSA) is 86.7 Å². The third kappa shape index (κ3) is 4.31. The molecule has 1 fully saturated rings. The third-order valence-electron chi connectivity index (χ3n) is 4.91. The van der Waals surface area contributed by atoms with Crippen LogP contribution in [0.1, 0.15) is 35.7 Å². The van der Waals surface area contributed by atoms with Gasteiger partial charge in [-0.2, -0.15) is 4.31 Å². The fourth-order valence-corrected chi connectivity index (χ4v) is 4.69. The number of benzene rings is 2. The molecular weight excluding hydrogens is 364 g/mol. The highest BCUT2D eigenvalue weighted by Crippen LogP contribution is 2.22. The molecule has 2 aromatic rings. The number of aromatic hydroxyl groups is 1. The minimum Gasteiger partial charge on any atom is -0.507 e. The van der Waals surface area contributed by atoms with Gasteiger partial charge in [0.2, 0.25) is 10.0 Å². The number of phenols is 1. The van der Waals surface area contributed by atoms with E-state index in [1.807, 2.05) is 19.1 Å². The van der Waals surface area contributed by atoms with Gasteiger partial charge >= 0.3 is 0 Å². The van der Waals surface area contributed by atoms with E-state index in [1.54, 1.807) is 30.3 Å². The lowest BCUT2D eigenvalue weighted by Gasteiger charge is -2.31. The highest BCUT2D eigenvalue weighted by Gasteiger charge is 2.30. The van der Waals surface area contributed by atoms with E-state index in [0.29, 0.717) is 30.8 Å². The minimum atomic E-state index is -3.52. The molecule has 144 valence electrons. The van der Waals surface area contributed by atoms with Crippen LogP contribution in [0.15, 0.2) is 53.4 Å². The van der Waals surface area contributed by atoms with Gasteiger partial charge in [0.1, 0.15) is 5.75 Å². The van der Waals surface area contributed by atoms with Gasteiger partial charge in [0, 0.05) is 19.1 Å². The van der Waals surface area contributed by atoms with Crippen LogP contribution in [0.2, 0.25) is 0 Å². The van der Waals surface area contributed by atoms with Crippen molar-refractivity contribution in [1.82, 2.24) is 9.62 Å². The van der Waals surface area contributed by atoms with Gasteiger partial charge in [-0.15, -0.1) is 0 Å². The first-order valence-corrected chi connectivity index (χ1v) is 10.5. The summed E-state index contributed by atoms with van der Waals surface area (Å²) in [7, 11) is -3.52. The SMILES string of the molecule is CCc1ccc(S(=O)(=O)N2CCC(NC(=O)c3ccccc3O)CC2)cc1. The lowest BCUT2D eigenvalue weighted by atomic mass is 10.1. The van der Waals surface area contributed by atoms with E-state index in [4.69, 9.17) is 0 Å². The van der Waals surface area contributed by atoms with Gasteiger partial charge in [-0.25, -0.2) is 8.42 Å². The van der Waals surface area contributed by atoms with Crippen LogP contribution in [0.25, 0.3) is 0 Å². The first-order valence-electron chi connectivity index (χ1n) is 9.09. The van der Waals surface area contributed by atoms with Gasteiger partial charge in [0.05, 0.1) is 10.5 Å². The Labute approximate surface area is 159 Å². The predicted octanol–water partition coefficient (Wildman–Crippen LogP) is 2.54. The molecule has 0 bridgehead atoms. The molecule has 1 heterocycles. The predicted molar refractivity (Wildman–Crippen MR) is 103 cm³/mol. The summed E-state index contributed by atoms with van der Waals surface area (Å²) in [4.78, 5) is 12.6. The molecule has 2 aromatic carbocycles. The summed E-state index contributed by atoms with van der Waals surface area (Å²) < 4.78 is 27.0. The molecule has 0 saturated carbocycles. The zero-order valence-electron chi connectivity index (χ0n) is 15.3. The summed E-state index contributed by atoms with van der Waals surface area (Å²) in [5, 5.41) is 12.7. The molecule has 7 heteroatoms. The molecule has 0 radical (unpaired) electrons. The van der Waals surface area contributed by atoms with Crippen LogP contribution in [-0.2, 0) is 16.4 Å². The maximum absolute atomic E-state index is 12.8. The van der Waals surface area contributed by atoms with Crippen molar-refractivity contribution in [3.63, 3.8) is 0 Å². The van der Waals surface area contributed by atoms with E-state index in [-0.39, 0.29) is 23.3 Å². The molecule has 1 saturated heterocycles. The minimum absolute atomic E-state index is 0.0643. The van der Waals surface area contributed by atoms with E-state index < -0.39 is 10.0 Å². The summed E-state index contributed by atoms with van der Waals surface area (Å²) in [6, 6.07) is 13.2. The Hall–Kier alpha value is -2.38. The number of carbonyl (C=O) groups excluding carboxylic acids is 1. The van der Waals surface area contributed by atoms with Gasteiger partial charge in [0.25, 0.3) is 5.91 Å². The molecule has 0 aromatic heterocycles. The molecule has 0 aliphatic carbocycles. The number of nitrogens with zero attached hydrogens (tertiary/aromatic N) is 1. The molecule has 0 atom stereocenters. The molecule has 3 rings (SSSR count). The number of rotatable bonds is 5. The summed E-state index contributed by atoms with van der Waals surface area (Å²) in [6.45, 7) is 2.73. The smallest absolute Gasteiger partial charge is 0.255 e. The second-order valence-electron chi connectivity index (χ2n) is 6.67. The third-order valence-corrected chi connectivity index (χ3v) is 6.82. The summed E-state index contributed by atoms with van der Waals surface area (Å²) >= 11 is 0. The largest absolute Gasteiger partial charge is 0.507 e. The number of phenolic OH excluding ortho intramolecular Hbond substituents is 1. The maximum Gasteiger partial charge on any atom is 0.255 e. The van der Waals surface area contributed by atoms with Crippen molar-refractivity contribution in [2.45, 2.75) is 37.1 Å². The number of nitrogens with one attached hydrogen (secondary N) is 1. The Bertz CT molecular complexity index is 902. The zero-order valence-corrected chi connectivity index (χ0v) is 16.1. The van der Waals surface area contributed by atoms with Crippen LogP contribution in [0.5, 0.6) is 5.75 Å². The standard InChI is InChI=1S/C20H24N2O4S/c1-2-15-7-9-17(10-8-15)27(25,26)22-13-11-16(12-14-22)21-20(24)18-5-3-4-6-19(18)23/h3-10,16,23H,2,11-14H2,1H3,(H,21,24). The van der Waals surface area contributed by atoms with Gasteiger partial charge in [0.15, 0.2) is 0 Å². The van der Waals surface area contributed by atoms with Crippen molar-refractivity contribution in [3.8, 4) is 5.75 Å². The number of carbonyl (C=O) groups is 1. The van der Waals surface area contributed by atoms with E-state index in [2.05, 4.69) is 5.32 Å². The Morgan fingerprint density at radius 1 is 1.11 bits per heavy atom. The molecule has 1 aliphatic heterocycles. The number of amides is 1. The van der Waals surface area contributed by atoms with Crippen molar-refractivity contribution in [1.29, 1.82) is 0 Å². The summed E-state index contributed by atoms with van der Waals surface area (Å²) in [6.07, 6.45) is 1.93. The van der Waals surface area contributed by atoms with E-state index in [0.717, 1.165) is 12.0 Å². The van der Waals surface area contributed by atoms with Crippen molar-refractivity contribution < 1.29 is 18.3 Å². The highest BCUT2D eigenvalue weighted by molar-refractivity contribution is 7.89. The highest BCUT2D eigenvalue weighted by atomic mass is 32.2. The van der Waals surface area contributed by atoms with Crippen LogP contribution >= 0.6 is 0 Å². The van der Waals surface area contributed by atoms with Crippen molar-refractivity contribution in [3.05, 3.63) is 59.7 Å². The van der Waals surface area contributed by atoms with Gasteiger partial charge in [-0.1, -0.05) is 31.2 Å². The fourth-order valence-electron chi connectivity index (χ4n) is 3.22. The lowest BCUT2D eigenvalue weighted by molar-refractivity contribution is 0.0921. The Morgan fingerprint density at radius 3 is 2.33 bits per heavy atom. The number of hydrogen-bond donors (Lipinski definition) is 2. The molecule has 2 N–H and O–H groups in total. The normalized spacial score (nSPS) is 16.2. The molecular formula is C20H24N2O4S. The molecule has 0 spiro atoms. The first-order chi connectivity index (χ1) is 12.9. The maximum atomic E-state index is 12.8. The second kappa shape index (κ2) is 8.10. The molecule has 27 heavy (non-hydrogen) atoms. The van der Waals surface area contributed by atoms with Crippen LogP contribution in [0, 0.1) is 0 Å².